The molecule has 2 rings (SSSR count). The molecule has 0 fully saturated rings. The van der Waals surface area contributed by atoms with Crippen LogP contribution in [0.4, 0.5) is 0 Å². The number of fused-ring (bicyclic) bond motifs is 1. The molecule has 0 saturated heterocycles. The van der Waals surface area contributed by atoms with Crippen LogP contribution in [0.5, 0.6) is 0 Å². The predicted molar refractivity (Wildman–Crippen MR) is 44.3 cm³/mol. The van der Waals surface area contributed by atoms with Crippen LogP contribution in [0.2, 0.25) is 0 Å². The van der Waals surface area contributed by atoms with Crippen LogP contribution >= 0.6 is 0 Å². The largest absolute Gasteiger partial charge is 0.168 e. The average molecular weight is 177 g/mol. The van der Waals surface area contributed by atoms with Crippen LogP contribution in [0.15, 0.2) is 36.4 Å². The summed E-state index contributed by atoms with van der Waals surface area (Å²) in [5.41, 5.74) is 1.33. The molecule has 0 aliphatic rings. The van der Waals surface area contributed by atoms with E-state index in [1.165, 1.54) is 16.3 Å². The molecule has 0 aromatic heterocycles. The maximum Gasteiger partial charge on any atom is 0 e. The third-order valence-electron chi connectivity index (χ3n) is 1.79. The minimum atomic E-state index is 0. The Morgan fingerprint density at radius 2 is 2.00 bits per heavy atom. The van der Waals surface area contributed by atoms with Gasteiger partial charge in [-0.25, -0.2) is 0 Å². The fourth-order valence-electron chi connectivity index (χ4n) is 1.25. The fourth-order valence-corrected chi connectivity index (χ4v) is 1.25. The van der Waals surface area contributed by atoms with Crippen LogP contribution in [-0.4, -0.2) is 0 Å². The summed E-state index contributed by atoms with van der Waals surface area (Å²) < 4.78 is 0. The van der Waals surface area contributed by atoms with Gasteiger partial charge in [0.15, 0.2) is 0 Å². The minimum absolute atomic E-state index is 0. The molecule has 0 aliphatic heterocycles. The van der Waals surface area contributed by atoms with Crippen molar-refractivity contribution in [3.8, 4) is 0 Å². The van der Waals surface area contributed by atoms with Crippen molar-refractivity contribution in [2.24, 2.45) is 0 Å². The molecular weight excluding hydrogens is 168 g/mol. The number of hydrogen-bond acceptors (Lipinski definition) is 0. The first-order chi connectivity index (χ1) is 4.86. The van der Waals surface area contributed by atoms with Crippen molar-refractivity contribution in [3.63, 3.8) is 0 Å². The van der Waals surface area contributed by atoms with E-state index in [0.29, 0.717) is 0 Å². The molecular formula is C10H9Ti-. The predicted octanol–water partition coefficient (Wildman–Crippen LogP) is 2.86. The van der Waals surface area contributed by atoms with Crippen molar-refractivity contribution in [3.05, 3.63) is 42.0 Å². The Kier molecular flexibility index (Phi) is 2.59. The summed E-state index contributed by atoms with van der Waals surface area (Å²) in [5, 5.41) is 2.69. The monoisotopic (exact) mass is 177 g/mol. The van der Waals surface area contributed by atoms with E-state index < -0.39 is 0 Å². The molecule has 1 heteroatoms. The topological polar surface area (TPSA) is 0 Å². The Morgan fingerprint density at radius 3 is 2.82 bits per heavy atom. The minimum Gasteiger partial charge on any atom is -0.168 e. The van der Waals surface area contributed by atoms with Crippen molar-refractivity contribution in [2.75, 3.05) is 0 Å². The smallest absolute Gasteiger partial charge is 0 e. The maximum atomic E-state index is 2.20. The van der Waals surface area contributed by atoms with Gasteiger partial charge < -0.3 is 0 Å². The number of rotatable bonds is 0. The van der Waals surface area contributed by atoms with E-state index >= 15 is 0 Å². The molecule has 0 nitrogen and oxygen atoms in total. The second-order valence-electron chi connectivity index (χ2n) is 2.66. The molecule has 0 radical (unpaired) electrons. The van der Waals surface area contributed by atoms with Crippen LogP contribution in [0.1, 0.15) is 5.56 Å². The molecule has 0 saturated carbocycles. The number of aryl methyl sites for hydroxylation is 1. The molecule has 0 amide bonds. The maximum absolute atomic E-state index is 2.20. The molecule has 0 atom stereocenters. The zero-order valence-electron chi connectivity index (χ0n) is 6.46. The van der Waals surface area contributed by atoms with E-state index in [-0.39, 0.29) is 21.7 Å². The van der Waals surface area contributed by atoms with Gasteiger partial charge in [0.1, 0.15) is 0 Å². The normalized spacial score (nSPS) is 9.55. The third kappa shape index (κ3) is 1.58. The van der Waals surface area contributed by atoms with Crippen molar-refractivity contribution in [1.29, 1.82) is 0 Å². The number of hydrogen-bond donors (Lipinski definition) is 0. The van der Waals surface area contributed by atoms with E-state index in [2.05, 4.69) is 43.3 Å². The van der Waals surface area contributed by atoms with Crippen LogP contribution in [0, 0.1) is 6.92 Å². The van der Waals surface area contributed by atoms with Gasteiger partial charge in [-0.05, 0) is 6.92 Å². The first-order valence-electron chi connectivity index (χ1n) is 3.48. The summed E-state index contributed by atoms with van der Waals surface area (Å²) in [4.78, 5) is 0. The van der Waals surface area contributed by atoms with Gasteiger partial charge in [0.2, 0.25) is 0 Å². The van der Waals surface area contributed by atoms with Crippen LogP contribution < -0.4 is 0 Å². The van der Waals surface area contributed by atoms with Gasteiger partial charge in [-0.3, -0.25) is 0 Å². The van der Waals surface area contributed by atoms with Gasteiger partial charge >= 0.3 is 0 Å². The standard InChI is InChI=1S/C10H9.Ti/c1-8-5-6-9-3-2-4-10(9)7-8;/h2-7H,1H3;/q-1;. The van der Waals surface area contributed by atoms with E-state index in [1.807, 2.05) is 0 Å². The van der Waals surface area contributed by atoms with E-state index in [1.54, 1.807) is 0 Å². The van der Waals surface area contributed by atoms with Crippen molar-refractivity contribution >= 4 is 10.8 Å². The second kappa shape index (κ2) is 3.29. The van der Waals surface area contributed by atoms with Gasteiger partial charge in [0.05, 0.1) is 0 Å². The Balaban J connectivity index is 0.000000605. The summed E-state index contributed by atoms with van der Waals surface area (Å²) in [5.74, 6) is 0. The zero-order chi connectivity index (χ0) is 6.97. The van der Waals surface area contributed by atoms with Gasteiger partial charge in [-0.15, -0.1) is 29.7 Å². The van der Waals surface area contributed by atoms with E-state index in [0.717, 1.165) is 0 Å². The third-order valence-corrected chi connectivity index (χ3v) is 1.79. The molecule has 0 unspecified atom stereocenters. The summed E-state index contributed by atoms with van der Waals surface area (Å²) in [6.45, 7) is 2.12. The van der Waals surface area contributed by atoms with E-state index in [4.69, 9.17) is 0 Å². The van der Waals surface area contributed by atoms with Gasteiger partial charge in [0, 0.05) is 21.7 Å². The zero-order valence-corrected chi connectivity index (χ0v) is 8.03. The van der Waals surface area contributed by atoms with Crippen molar-refractivity contribution in [2.45, 2.75) is 6.92 Å². The fraction of sp³-hybridized carbons (Fsp3) is 0.100. The molecule has 0 heterocycles. The molecule has 0 N–H and O–H groups in total. The van der Waals surface area contributed by atoms with Crippen molar-refractivity contribution < 1.29 is 21.7 Å². The first-order valence-corrected chi connectivity index (χ1v) is 3.48. The second-order valence-corrected chi connectivity index (χ2v) is 2.66. The quantitative estimate of drug-likeness (QED) is 0.428. The van der Waals surface area contributed by atoms with Crippen molar-refractivity contribution in [1.82, 2.24) is 0 Å². The Morgan fingerprint density at radius 1 is 1.18 bits per heavy atom. The molecule has 54 valence electrons. The SMILES string of the molecule is Cc1ccc2[cH-]ccc2c1.[Ti]. The van der Waals surface area contributed by atoms with Crippen LogP contribution in [0.25, 0.3) is 10.8 Å². The Labute approximate surface area is 81.5 Å². The summed E-state index contributed by atoms with van der Waals surface area (Å²) in [6.07, 6.45) is 0. The molecule has 0 aliphatic carbocycles. The molecule has 2 aromatic carbocycles. The molecule has 11 heavy (non-hydrogen) atoms. The van der Waals surface area contributed by atoms with Crippen LogP contribution in [-0.2, 0) is 21.7 Å². The average Bonchev–Trinajstić information content (AvgIpc) is 2.33. The summed E-state index contributed by atoms with van der Waals surface area (Å²) in [7, 11) is 0. The van der Waals surface area contributed by atoms with Gasteiger partial charge in [0.25, 0.3) is 0 Å². The van der Waals surface area contributed by atoms with Gasteiger partial charge in [-0.1, -0.05) is 5.56 Å². The molecule has 0 bridgehead atoms. The Hall–Kier alpha value is -0.456. The van der Waals surface area contributed by atoms with Crippen LogP contribution in [0.3, 0.4) is 0 Å². The van der Waals surface area contributed by atoms with Gasteiger partial charge in [-0.2, -0.15) is 17.5 Å². The molecule has 2 aromatic rings. The van der Waals surface area contributed by atoms with E-state index in [9.17, 15) is 0 Å². The molecule has 0 spiro atoms. The first kappa shape index (κ1) is 8.64. The Bertz CT molecular complexity index is 346. The summed E-state index contributed by atoms with van der Waals surface area (Å²) >= 11 is 0. The number of benzene rings is 1. The summed E-state index contributed by atoms with van der Waals surface area (Å²) in [6, 6.07) is 12.9.